The van der Waals surface area contributed by atoms with Crippen molar-refractivity contribution >= 4 is 21.9 Å². The summed E-state index contributed by atoms with van der Waals surface area (Å²) in [5.41, 5.74) is 0.324. The molecule has 8 rings (SSSR count). The van der Waals surface area contributed by atoms with Gasteiger partial charge in [-0.25, -0.2) is 0 Å². The lowest BCUT2D eigenvalue weighted by Crippen LogP contribution is -2.45. The smallest absolute Gasteiger partial charge is 0.193 e. The van der Waals surface area contributed by atoms with Crippen LogP contribution in [-0.4, -0.2) is 61.0 Å². The minimum absolute atomic E-state index is 0.0659. The predicted octanol–water partition coefficient (Wildman–Crippen LogP) is 7.55. The van der Waals surface area contributed by atoms with Crippen molar-refractivity contribution in [3.63, 3.8) is 0 Å². The van der Waals surface area contributed by atoms with Crippen LogP contribution in [0.1, 0.15) is 34.1 Å². The van der Waals surface area contributed by atoms with Crippen LogP contribution in [0, 0.1) is 0 Å². The molecule has 11 nitrogen and oxygen atoms in total. The second-order valence-corrected chi connectivity index (χ2v) is 15.1. The molecule has 0 bridgehead atoms. The van der Waals surface area contributed by atoms with Crippen molar-refractivity contribution in [2.45, 2.75) is 63.6 Å². The first-order chi connectivity index (χ1) is 26.4. The SMILES string of the molecule is CC(C)(CC1CO1)Oc1ccc2c(=O)cc(-c3ccc(OCC(O)C(C)(C)Oc4ccc5c(=O)cc(-c6ccc(OCC7CO7)cc6)oc5c4)cc3)oc2c1. The summed E-state index contributed by atoms with van der Waals surface area (Å²) in [5.74, 6) is 3.05. The molecule has 6 aromatic rings. The molecule has 1 N–H and O–H groups in total. The van der Waals surface area contributed by atoms with E-state index in [1.54, 1.807) is 74.5 Å². The Kier molecular flexibility index (Phi) is 9.62. The molecule has 55 heavy (non-hydrogen) atoms. The number of hydrogen-bond acceptors (Lipinski definition) is 11. The maximum Gasteiger partial charge on any atom is 0.193 e. The highest BCUT2D eigenvalue weighted by Crippen LogP contribution is 2.32. The molecule has 2 saturated heterocycles. The number of hydrogen-bond donors (Lipinski definition) is 1. The van der Waals surface area contributed by atoms with Crippen LogP contribution in [0.3, 0.4) is 0 Å². The zero-order valence-corrected chi connectivity index (χ0v) is 31.0. The van der Waals surface area contributed by atoms with E-state index in [0.29, 0.717) is 68.6 Å². The summed E-state index contributed by atoms with van der Waals surface area (Å²) in [6, 6.07) is 27.5. The molecule has 284 valence electrons. The minimum atomic E-state index is -1.08. The quantitative estimate of drug-likeness (QED) is 0.104. The standard InChI is InChI=1S/C44H42O11/c1-43(2,21-32-22-49-32)54-30-13-15-34-36(45)19-38(52-40(34)17-30)27-7-11-29(12-8-27)51-25-42(47)44(3,4)55-31-14-16-35-37(46)20-39(53-41(35)18-31)26-5-9-28(10-6-26)48-23-33-24-50-33/h5-20,32-33,42,47H,21-25H2,1-4H3. The van der Waals surface area contributed by atoms with Gasteiger partial charge in [0.05, 0.1) is 30.1 Å². The highest BCUT2D eigenvalue weighted by molar-refractivity contribution is 5.81. The zero-order chi connectivity index (χ0) is 38.3. The third-order valence-electron chi connectivity index (χ3n) is 9.62. The fourth-order valence-corrected chi connectivity index (χ4v) is 6.31. The van der Waals surface area contributed by atoms with Gasteiger partial charge in [-0.3, -0.25) is 9.59 Å². The average molecular weight is 747 g/mol. The number of aliphatic hydroxyl groups is 1. The summed E-state index contributed by atoms with van der Waals surface area (Å²) in [6.45, 7) is 9.42. The summed E-state index contributed by atoms with van der Waals surface area (Å²) in [6.07, 6.45) is 0.104. The Morgan fingerprint density at radius 3 is 1.62 bits per heavy atom. The first kappa shape index (κ1) is 36.4. The minimum Gasteiger partial charge on any atom is -0.491 e. The van der Waals surface area contributed by atoms with Gasteiger partial charge in [-0.2, -0.15) is 0 Å². The van der Waals surface area contributed by atoms with Crippen molar-refractivity contribution < 1.29 is 42.4 Å². The van der Waals surface area contributed by atoms with E-state index in [0.717, 1.165) is 25.2 Å². The molecule has 2 fully saturated rings. The fraction of sp³-hybridized carbons (Fsp3) is 0.318. The number of aliphatic hydroxyl groups excluding tert-OH is 1. The summed E-state index contributed by atoms with van der Waals surface area (Å²) in [5, 5.41) is 12.0. The van der Waals surface area contributed by atoms with Gasteiger partial charge in [-0.15, -0.1) is 0 Å². The largest absolute Gasteiger partial charge is 0.491 e. The molecule has 0 saturated carbocycles. The van der Waals surface area contributed by atoms with E-state index in [4.69, 9.17) is 37.3 Å². The van der Waals surface area contributed by atoms with Crippen molar-refractivity contribution in [3.05, 3.63) is 118 Å². The monoisotopic (exact) mass is 746 g/mol. The first-order valence-corrected chi connectivity index (χ1v) is 18.3. The van der Waals surface area contributed by atoms with E-state index in [-0.39, 0.29) is 29.7 Å². The fourth-order valence-electron chi connectivity index (χ4n) is 6.31. The van der Waals surface area contributed by atoms with Gasteiger partial charge in [0, 0.05) is 41.8 Å². The molecule has 2 aromatic heterocycles. The molecule has 3 unspecified atom stereocenters. The van der Waals surface area contributed by atoms with Gasteiger partial charge in [0.15, 0.2) is 10.9 Å². The van der Waals surface area contributed by atoms with Crippen LogP contribution < -0.4 is 29.8 Å². The summed E-state index contributed by atoms with van der Waals surface area (Å²) < 4.78 is 46.9. The maximum absolute atomic E-state index is 13.0. The topological polar surface area (TPSA) is 143 Å². The van der Waals surface area contributed by atoms with Crippen LogP contribution in [-0.2, 0) is 9.47 Å². The van der Waals surface area contributed by atoms with E-state index in [1.165, 1.54) is 12.1 Å². The number of fused-ring (bicyclic) bond motifs is 2. The third kappa shape index (κ3) is 8.70. The Morgan fingerprint density at radius 2 is 1.11 bits per heavy atom. The van der Waals surface area contributed by atoms with Gasteiger partial charge in [-0.05, 0) is 100 Å². The molecule has 2 aliphatic rings. The van der Waals surface area contributed by atoms with E-state index in [9.17, 15) is 14.7 Å². The van der Waals surface area contributed by atoms with Crippen LogP contribution in [0.4, 0.5) is 0 Å². The van der Waals surface area contributed by atoms with Gasteiger partial charge in [0.2, 0.25) is 0 Å². The zero-order valence-electron chi connectivity index (χ0n) is 31.0. The van der Waals surface area contributed by atoms with Crippen molar-refractivity contribution in [2.24, 2.45) is 0 Å². The van der Waals surface area contributed by atoms with Crippen LogP contribution >= 0.6 is 0 Å². The van der Waals surface area contributed by atoms with Crippen molar-refractivity contribution in [1.29, 1.82) is 0 Å². The molecular formula is C44H42O11. The third-order valence-corrected chi connectivity index (χ3v) is 9.62. The lowest BCUT2D eigenvalue weighted by Gasteiger charge is -2.31. The van der Waals surface area contributed by atoms with Gasteiger partial charge >= 0.3 is 0 Å². The number of epoxide rings is 2. The first-order valence-electron chi connectivity index (χ1n) is 18.3. The Bertz CT molecular complexity index is 2440. The van der Waals surface area contributed by atoms with Crippen LogP contribution in [0.5, 0.6) is 23.0 Å². The predicted molar refractivity (Wildman–Crippen MR) is 206 cm³/mol. The maximum atomic E-state index is 13.0. The molecule has 0 amide bonds. The van der Waals surface area contributed by atoms with Crippen LogP contribution in [0.2, 0.25) is 0 Å². The summed E-state index contributed by atoms with van der Waals surface area (Å²) in [4.78, 5) is 26.0. The van der Waals surface area contributed by atoms with Gasteiger partial charge < -0.3 is 42.4 Å². The van der Waals surface area contributed by atoms with Crippen molar-refractivity contribution in [2.75, 3.05) is 26.4 Å². The molecule has 2 aliphatic heterocycles. The number of rotatable bonds is 15. The molecule has 3 atom stereocenters. The highest BCUT2D eigenvalue weighted by atomic mass is 16.6. The van der Waals surface area contributed by atoms with E-state index in [1.807, 2.05) is 38.1 Å². The van der Waals surface area contributed by atoms with Crippen molar-refractivity contribution in [3.8, 4) is 45.6 Å². The van der Waals surface area contributed by atoms with Gasteiger partial charge in [0.25, 0.3) is 0 Å². The van der Waals surface area contributed by atoms with Crippen LogP contribution in [0.15, 0.2) is 115 Å². The highest BCUT2D eigenvalue weighted by Gasteiger charge is 2.33. The molecule has 11 heteroatoms. The number of benzene rings is 4. The second-order valence-electron chi connectivity index (χ2n) is 15.1. The summed E-state index contributed by atoms with van der Waals surface area (Å²) >= 11 is 0. The Balaban J connectivity index is 0.905. The second kappa shape index (κ2) is 14.6. The van der Waals surface area contributed by atoms with E-state index >= 15 is 0 Å². The summed E-state index contributed by atoms with van der Waals surface area (Å²) in [7, 11) is 0. The Labute approximate surface area is 316 Å². The molecule has 0 aliphatic carbocycles. The molecule has 4 heterocycles. The average Bonchev–Trinajstić information content (AvgIpc) is 4.10. The number of ether oxygens (including phenoxy) is 6. The lowest BCUT2D eigenvalue weighted by atomic mass is 10.0. The van der Waals surface area contributed by atoms with Gasteiger partial charge in [-0.1, -0.05) is 0 Å². The molecular weight excluding hydrogens is 704 g/mol. The lowest BCUT2D eigenvalue weighted by molar-refractivity contribution is -0.0492. The Morgan fingerprint density at radius 1 is 0.636 bits per heavy atom. The Hall–Kier alpha value is -5.62. The molecule has 4 aromatic carbocycles. The normalized spacial score (nSPS) is 17.2. The van der Waals surface area contributed by atoms with E-state index < -0.39 is 17.3 Å². The molecule has 0 spiro atoms. The van der Waals surface area contributed by atoms with Gasteiger partial charge in [0.1, 0.15) is 82.3 Å². The van der Waals surface area contributed by atoms with E-state index in [2.05, 4.69) is 0 Å². The van der Waals surface area contributed by atoms with Crippen LogP contribution in [0.25, 0.3) is 44.6 Å². The van der Waals surface area contributed by atoms with Crippen molar-refractivity contribution in [1.82, 2.24) is 0 Å². The molecule has 0 radical (unpaired) electrons.